The number of rotatable bonds is 4. The van der Waals surface area contributed by atoms with Gasteiger partial charge in [0.2, 0.25) is 0 Å². The molecule has 0 heterocycles. The normalized spacial score (nSPS) is 11.2. The molecule has 2 aromatic carbocycles. The van der Waals surface area contributed by atoms with Gasteiger partial charge in [-0.3, -0.25) is 11.7 Å². The Balaban J connectivity index is 2.33. The van der Waals surface area contributed by atoms with Crippen molar-refractivity contribution in [3.05, 3.63) is 59.7 Å². The number of nitrogen functional groups attached to an aromatic ring is 2. The highest BCUT2D eigenvalue weighted by atomic mass is 15.2. The van der Waals surface area contributed by atoms with E-state index in [0.29, 0.717) is 0 Å². The molecular weight excluding hydrogens is 236 g/mol. The molecule has 4 heteroatoms. The van der Waals surface area contributed by atoms with Gasteiger partial charge in [0.1, 0.15) is 0 Å². The predicted octanol–water partition coefficient (Wildman–Crippen LogP) is 2.58. The molecule has 0 aliphatic heterocycles. The van der Waals surface area contributed by atoms with Crippen molar-refractivity contribution >= 4 is 11.4 Å². The second-order valence-electron chi connectivity index (χ2n) is 5.07. The molecule has 100 valence electrons. The van der Waals surface area contributed by atoms with Gasteiger partial charge in [-0.1, -0.05) is 38.1 Å². The lowest BCUT2D eigenvalue weighted by Crippen LogP contribution is -2.19. The Morgan fingerprint density at radius 3 is 1.26 bits per heavy atom. The Hall–Kier alpha value is -2.04. The van der Waals surface area contributed by atoms with Crippen molar-refractivity contribution in [3.63, 3.8) is 0 Å². The second-order valence-corrected chi connectivity index (χ2v) is 5.07. The highest BCUT2D eigenvalue weighted by Gasteiger charge is 2.22. The SMILES string of the molecule is CC(C)(c1ccc(NN)cc1)c1ccc(NN)cc1. The molecule has 0 saturated heterocycles. The largest absolute Gasteiger partial charge is 0.324 e. The third-order valence-electron chi connectivity index (χ3n) is 3.55. The quantitative estimate of drug-likeness (QED) is 0.501. The van der Waals surface area contributed by atoms with E-state index in [9.17, 15) is 0 Å². The van der Waals surface area contributed by atoms with E-state index in [-0.39, 0.29) is 5.41 Å². The molecule has 0 fully saturated rings. The monoisotopic (exact) mass is 256 g/mol. The Bertz CT molecular complexity index is 480. The van der Waals surface area contributed by atoms with Gasteiger partial charge in [0.25, 0.3) is 0 Å². The maximum Gasteiger partial charge on any atom is 0.0485 e. The van der Waals surface area contributed by atoms with Crippen molar-refractivity contribution < 1.29 is 0 Å². The van der Waals surface area contributed by atoms with Crippen molar-refractivity contribution in [3.8, 4) is 0 Å². The van der Waals surface area contributed by atoms with Crippen LogP contribution >= 0.6 is 0 Å². The highest BCUT2D eigenvalue weighted by molar-refractivity contribution is 5.50. The van der Waals surface area contributed by atoms with Gasteiger partial charge in [0, 0.05) is 16.8 Å². The highest BCUT2D eigenvalue weighted by Crippen LogP contribution is 2.32. The first-order valence-electron chi connectivity index (χ1n) is 6.22. The fraction of sp³-hybridized carbons (Fsp3) is 0.200. The Morgan fingerprint density at radius 2 is 1.00 bits per heavy atom. The molecule has 0 aliphatic rings. The zero-order valence-electron chi connectivity index (χ0n) is 11.3. The van der Waals surface area contributed by atoms with Gasteiger partial charge in [-0.2, -0.15) is 0 Å². The zero-order valence-corrected chi connectivity index (χ0v) is 11.3. The van der Waals surface area contributed by atoms with E-state index >= 15 is 0 Å². The smallest absolute Gasteiger partial charge is 0.0485 e. The molecular formula is C15H20N4. The molecule has 2 aromatic rings. The minimum atomic E-state index is -0.0692. The summed E-state index contributed by atoms with van der Waals surface area (Å²) in [6.07, 6.45) is 0. The Kier molecular flexibility index (Phi) is 3.74. The van der Waals surface area contributed by atoms with Gasteiger partial charge in [-0.05, 0) is 35.4 Å². The molecule has 4 nitrogen and oxygen atoms in total. The minimum Gasteiger partial charge on any atom is -0.324 e. The van der Waals surface area contributed by atoms with E-state index in [1.165, 1.54) is 11.1 Å². The first kappa shape index (κ1) is 13.4. The molecule has 0 atom stereocenters. The van der Waals surface area contributed by atoms with Crippen LogP contribution in [0.5, 0.6) is 0 Å². The molecule has 0 aliphatic carbocycles. The van der Waals surface area contributed by atoms with Crippen molar-refractivity contribution in [2.45, 2.75) is 19.3 Å². The molecule has 19 heavy (non-hydrogen) atoms. The van der Waals surface area contributed by atoms with E-state index in [0.717, 1.165) is 11.4 Å². The van der Waals surface area contributed by atoms with Crippen molar-refractivity contribution in [2.75, 3.05) is 10.9 Å². The summed E-state index contributed by atoms with van der Waals surface area (Å²) < 4.78 is 0. The number of nitrogens with one attached hydrogen (secondary N) is 2. The average molecular weight is 256 g/mol. The van der Waals surface area contributed by atoms with Gasteiger partial charge >= 0.3 is 0 Å². The first-order valence-corrected chi connectivity index (χ1v) is 6.22. The molecule has 6 N–H and O–H groups in total. The number of anilines is 2. The zero-order chi connectivity index (χ0) is 13.9. The summed E-state index contributed by atoms with van der Waals surface area (Å²) in [6, 6.07) is 16.3. The summed E-state index contributed by atoms with van der Waals surface area (Å²) in [6.45, 7) is 4.39. The number of benzene rings is 2. The lowest BCUT2D eigenvalue weighted by molar-refractivity contribution is 0.641. The Morgan fingerprint density at radius 1 is 0.684 bits per heavy atom. The summed E-state index contributed by atoms with van der Waals surface area (Å²) in [5.41, 5.74) is 9.49. The molecule has 0 saturated carbocycles. The summed E-state index contributed by atoms with van der Waals surface area (Å²) >= 11 is 0. The van der Waals surface area contributed by atoms with Crippen LogP contribution in [0, 0.1) is 0 Å². The van der Waals surface area contributed by atoms with Crippen LogP contribution < -0.4 is 22.5 Å². The van der Waals surface area contributed by atoms with E-state index in [1.54, 1.807) is 0 Å². The van der Waals surface area contributed by atoms with Crippen LogP contribution in [0.1, 0.15) is 25.0 Å². The third kappa shape index (κ3) is 2.70. The van der Waals surface area contributed by atoms with Crippen LogP contribution in [0.4, 0.5) is 11.4 Å². The maximum absolute atomic E-state index is 5.38. The van der Waals surface area contributed by atoms with Gasteiger partial charge in [-0.15, -0.1) is 0 Å². The van der Waals surface area contributed by atoms with Crippen LogP contribution in [0.2, 0.25) is 0 Å². The number of hydrogen-bond donors (Lipinski definition) is 4. The molecule has 0 bridgehead atoms. The van der Waals surface area contributed by atoms with E-state index in [1.807, 2.05) is 24.3 Å². The van der Waals surface area contributed by atoms with Crippen molar-refractivity contribution in [1.29, 1.82) is 0 Å². The fourth-order valence-electron chi connectivity index (χ4n) is 2.13. The Labute approximate surface area is 113 Å². The summed E-state index contributed by atoms with van der Waals surface area (Å²) in [5, 5.41) is 0. The van der Waals surface area contributed by atoms with Crippen LogP contribution in [-0.4, -0.2) is 0 Å². The number of hydrazine groups is 2. The third-order valence-corrected chi connectivity index (χ3v) is 3.55. The predicted molar refractivity (Wildman–Crippen MR) is 80.6 cm³/mol. The summed E-state index contributed by atoms with van der Waals surface area (Å²) in [4.78, 5) is 0. The summed E-state index contributed by atoms with van der Waals surface area (Å²) in [7, 11) is 0. The fourth-order valence-corrected chi connectivity index (χ4v) is 2.13. The topological polar surface area (TPSA) is 76.1 Å². The van der Waals surface area contributed by atoms with Gasteiger partial charge in [-0.25, -0.2) is 0 Å². The van der Waals surface area contributed by atoms with Gasteiger partial charge in [0.15, 0.2) is 0 Å². The molecule has 2 rings (SSSR count). The second kappa shape index (κ2) is 5.30. The van der Waals surface area contributed by atoms with E-state index in [2.05, 4.69) is 49.0 Å². The van der Waals surface area contributed by atoms with Crippen molar-refractivity contribution in [1.82, 2.24) is 0 Å². The van der Waals surface area contributed by atoms with Crippen LogP contribution in [0.15, 0.2) is 48.5 Å². The molecule has 0 spiro atoms. The average Bonchev–Trinajstić information content (AvgIpc) is 2.47. The molecule has 0 radical (unpaired) electrons. The van der Waals surface area contributed by atoms with Crippen LogP contribution in [0.3, 0.4) is 0 Å². The molecule has 0 aromatic heterocycles. The number of nitrogens with two attached hydrogens (primary N) is 2. The first-order chi connectivity index (χ1) is 9.07. The molecule has 0 amide bonds. The van der Waals surface area contributed by atoms with Gasteiger partial charge < -0.3 is 10.9 Å². The lowest BCUT2D eigenvalue weighted by Gasteiger charge is -2.26. The maximum atomic E-state index is 5.38. The molecule has 0 unspecified atom stereocenters. The lowest BCUT2D eigenvalue weighted by atomic mass is 9.78. The van der Waals surface area contributed by atoms with Crippen LogP contribution in [-0.2, 0) is 5.41 Å². The van der Waals surface area contributed by atoms with Crippen molar-refractivity contribution in [2.24, 2.45) is 11.7 Å². The number of hydrogen-bond acceptors (Lipinski definition) is 4. The summed E-state index contributed by atoms with van der Waals surface area (Å²) in [5.74, 6) is 10.8. The minimum absolute atomic E-state index is 0.0692. The van der Waals surface area contributed by atoms with Crippen LogP contribution in [0.25, 0.3) is 0 Å². The van der Waals surface area contributed by atoms with E-state index in [4.69, 9.17) is 11.7 Å². The van der Waals surface area contributed by atoms with Gasteiger partial charge in [0.05, 0.1) is 0 Å². The standard InChI is InChI=1S/C15H20N4/c1-15(2,11-3-7-13(18-16)8-4-11)12-5-9-14(19-17)10-6-12/h3-10,18-19H,16-17H2,1-2H3. The van der Waals surface area contributed by atoms with E-state index < -0.39 is 0 Å².